The van der Waals surface area contributed by atoms with Gasteiger partial charge >= 0.3 is 0 Å². The van der Waals surface area contributed by atoms with Gasteiger partial charge in [-0.05, 0) is 5.16 Å². The summed E-state index contributed by atoms with van der Waals surface area (Å²) >= 11 is 0. The lowest BCUT2D eigenvalue weighted by atomic mass is 10.4. The molecule has 1 rings (SSSR count). The molecule has 2 nitrogen and oxygen atoms in total. The molecule has 1 N–H and O–H groups in total. The molecule has 0 saturated carbocycles. The van der Waals surface area contributed by atoms with Crippen LogP contribution in [0.1, 0.15) is 6.42 Å². The van der Waals surface area contributed by atoms with E-state index in [-0.39, 0.29) is 5.91 Å². The van der Waals surface area contributed by atoms with E-state index in [0.717, 1.165) is 0 Å². The number of rotatable bonds is 5. The highest BCUT2D eigenvalue weighted by Crippen LogP contribution is 2.35. The van der Waals surface area contributed by atoms with Gasteiger partial charge in [0, 0.05) is 21.5 Å². The van der Waals surface area contributed by atoms with Crippen LogP contribution in [0.3, 0.4) is 0 Å². The Labute approximate surface area is 119 Å². The van der Waals surface area contributed by atoms with Gasteiger partial charge in [0.1, 0.15) is 0 Å². The van der Waals surface area contributed by atoms with Crippen molar-refractivity contribution in [3.05, 3.63) is 30.3 Å². The fourth-order valence-corrected chi connectivity index (χ4v) is 15.1. The van der Waals surface area contributed by atoms with Crippen LogP contribution in [-0.4, -0.2) is 29.1 Å². The molecule has 0 fully saturated rings. The molecule has 1 unspecified atom stereocenters. The lowest BCUT2D eigenvalue weighted by molar-refractivity contribution is -0.120. The van der Waals surface area contributed by atoms with E-state index in [1.807, 2.05) is 0 Å². The summed E-state index contributed by atoms with van der Waals surface area (Å²) in [5.41, 5.74) is 0. The van der Waals surface area contributed by atoms with E-state index in [4.69, 9.17) is 0 Å². The van der Waals surface area contributed by atoms with Gasteiger partial charge < -0.3 is 5.32 Å². The molecule has 1 atom stereocenters. The lowest BCUT2D eigenvalue weighted by Crippen LogP contribution is -2.55. The van der Waals surface area contributed by atoms with E-state index in [9.17, 15) is 4.79 Å². The van der Waals surface area contributed by atoms with Gasteiger partial charge in [-0.2, -0.15) is 0 Å². The highest BCUT2D eigenvalue weighted by atomic mass is 28.4. The van der Waals surface area contributed by atoms with Gasteiger partial charge in [0.25, 0.3) is 0 Å². The summed E-state index contributed by atoms with van der Waals surface area (Å²) in [5, 5.41) is 4.82. The normalized spacial score (nSPS) is 14.0. The van der Waals surface area contributed by atoms with Crippen LogP contribution in [0.4, 0.5) is 0 Å². The van der Waals surface area contributed by atoms with E-state index < -0.39 is 16.1 Å². The van der Waals surface area contributed by atoms with Crippen molar-refractivity contribution in [2.45, 2.75) is 44.3 Å². The minimum absolute atomic E-state index is 0.184. The third-order valence-corrected chi connectivity index (χ3v) is 14.9. The monoisotopic (exact) mass is 293 g/mol. The number of amides is 1. The summed E-state index contributed by atoms with van der Waals surface area (Å²) in [7, 11) is -1.27. The van der Waals surface area contributed by atoms with Gasteiger partial charge in [0.15, 0.2) is 0 Å². The lowest BCUT2D eigenvalue weighted by Gasteiger charge is -2.40. The number of hydrogen-bond acceptors (Lipinski definition) is 1. The molecule has 0 aliphatic heterocycles. The predicted molar refractivity (Wildman–Crippen MR) is 89.3 cm³/mol. The first-order chi connectivity index (χ1) is 8.69. The Morgan fingerprint density at radius 3 is 2.05 bits per heavy atom. The van der Waals surface area contributed by atoms with Gasteiger partial charge in [-0.3, -0.25) is 4.79 Å². The van der Waals surface area contributed by atoms with Crippen molar-refractivity contribution < 1.29 is 4.79 Å². The second-order valence-electron chi connectivity index (χ2n) is 6.88. The quantitative estimate of drug-likeness (QED) is 0.831. The second-order valence-corrected chi connectivity index (χ2v) is 17.6. The molecular formula is C15H27NOSi2. The van der Waals surface area contributed by atoms with Crippen LogP contribution in [0, 0.1) is 0 Å². The van der Waals surface area contributed by atoms with Crippen molar-refractivity contribution in [3.8, 4) is 0 Å². The predicted octanol–water partition coefficient (Wildman–Crippen LogP) is 2.99. The molecule has 0 aromatic heterocycles. The standard InChI is InChI=1S/C15H27NOSi2/c1-16-14(17)12-15(18(2,3)4)19(5,6)13-10-8-7-9-11-13/h7-11,15H,12H2,1-6H3,(H,16,17). The topological polar surface area (TPSA) is 29.1 Å². The fraction of sp³-hybridized carbons (Fsp3) is 0.533. The van der Waals surface area contributed by atoms with Crippen molar-refractivity contribution in [2.75, 3.05) is 7.05 Å². The Balaban J connectivity index is 3.13. The molecule has 4 heteroatoms. The molecule has 0 aliphatic rings. The van der Waals surface area contributed by atoms with E-state index in [2.05, 4.69) is 68.4 Å². The molecule has 0 radical (unpaired) electrons. The van der Waals surface area contributed by atoms with Gasteiger partial charge in [-0.25, -0.2) is 0 Å². The molecule has 0 spiro atoms. The highest BCUT2D eigenvalue weighted by Gasteiger charge is 2.42. The number of benzene rings is 1. The zero-order valence-electron chi connectivity index (χ0n) is 13.1. The summed E-state index contributed by atoms with van der Waals surface area (Å²) in [6.45, 7) is 12.0. The van der Waals surface area contributed by atoms with Crippen LogP contribution >= 0.6 is 0 Å². The average molecular weight is 294 g/mol. The molecule has 0 saturated heterocycles. The Kier molecular flexibility index (Phi) is 5.15. The SMILES string of the molecule is CNC(=O)CC([Si](C)(C)C)[Si](C)(C)c1ccccc1. The minimum atomic E-state index is -1.62. The molecule has 0 heterocycles. The Hall–Kier alpha value is -0.876. The van der Waals surface area contributed by atoms with E-state index in [0.29, 0.717) is 11.6 Å². The van der Waals surface area contributed by atoms with E-state index >= 15 is 0 Å². The first-order valence-electron chi connectivity index (χ1n) is 6.95. The summed E-state index contributed by atoms with van der Waals surface area (Å²) in [6, 6.07) is 10.8. The zero-order chi connectivity index (χ0) is 14.7. The van der Waals surface area contributed by atoms with Crippen LogP contribution in [0.25, 0.3) is 0 Å². The Morgan fingerprint density at radius 1 is 1.11 bits per heavy atom. The number of nitrogens with one attached hydrogen (secondary N) is 1. The van der Waals surface area contributed by atoms with Gasteiger partial charge in [-0.15, -0.1) is 0 Å². The molecule has 1 amide bonds. The Bertz CT molecular complexity index is 424. The maximum absolute atomic E-state index is 11.9. The third-order valence-electron chi connectivity index (χ3n) is 4.10. The van der Waals surface area contributed by atoms with Crippen molar-refractivity contribution in [1.82, 2.24) is 5.32 Å². The fourth-order valence-electron chi connectivity index (χ4n) is 3.00. The van der Waals surface area contributed by atoms with Gasteiger partial charge in [0.05, 0.1) is 8.07 Å². The van der Waals surface area contributed by atoms with Crippen molar-refractivity contribution in [3.63, 3.8) is 0 Å². The molecule has 19 heavy (non-hydrogen) atoms. The first kappa shape index (κ1) is 16.2. The zero-order valence-corrected chi connectivity index (χ0v) is 15.1. The van der Waals surface area contributed by atoms with Crippen LogP contribution in [0.5, 0.6) is 0 Å². The maximum atomic E-state index is 11.9. The molecular weight excluding hydrogens is 266 g/mol. The summed E-state index contributed by atoms with van der Waals surface area (Å²) in [6.07, 6.45) is 0.681. The van der Waals surface area contributed by atoms with Crippen molar-refractivity contribution >= 4 is 27.2 Å². The Morgan fingerprint density at radius 2 is 1.63 bits per heavy atom. The van der Waals surface area contributed by atoms with Gasteiger partial charge in [0.2, 0.25) is 5.91 Å². The number of carbonyl (C=O) groups excluding carboxylic acids is 1. The van der Waals surface area contributed by atoms with Crippen LogP contribution in [0.2, 0.25) is 37.9 Å². The summed E-state index contributed by atoms with van der Waals surface area (Å²) in [4.78, 5) is 11.9. The molecule has 0 bridgehead atoms. The van der Waals surface area contributed by atoms with E-state index in [1.165, 1.54) is 5.19 Å². The third kappa shape index (κ3) is 4.04. The minimum Gasteiger partial charge on any atom is -0.359 e. The molecule has 106 valence electrons. The summed E-state index contributed by atoms with van der Waals surface area (Å²) < 4.78 is 0. The highest BCUT2D eigenvalue weighted by molar-refractivity contribution is 7.03. The van der Waals surface area contributed by atoms with Crippen LogP contribution in [0.15, 0.2) is 30.3 Å². The smallest absolute Gasteiger partial charge is 0.219 e. The first-order valence-corrected chi connectivity index (χ1v) is 13.6. The second kappa shape index (κ2) is 6.05. The average Bonchev–Trinajstić information content (AvgIpc) is 2.35. The van der Waals surface area contributed by atoms with E-state index in [1.54, 1.807) is 7.05 Å². The molecule has 1 aromatic carbocycles. The van der Waals surface area contributed by atoms with Crippen LogP contribution in [-0.2, 0) is 4.79 Å². The van der Waals surface area contributed by atoms with Gasteiger partial charge in [-0.1, -0.05) is 68.3 Å². The van der Waals surface area contributed by atoms with Crippen molar-refractivity contribution in [2.24, 2.45) is 0 Å². The van der Waals surface area contributed by atoms with Crippen LogP contribution < -0.4 is 10.5 Å². The number of carbonyl (C=O) groups is 1. The summed E-state index contributed by atoms with van der Waals surface area (Å²) in [5.74, 6) is 0.184. The van der Waals surface area contributed by atoms with Crippen molar-refractivity contribution in [1.29, 1.82) is 0 Å². The molecule has 1 aromatic rings. The largest absolute Gasteiger partial charge is 0.359 e. The maximum Gasteiger partial charge on any atom is 0.219 e. The molecule has 0 aliphatic carbocycles. The number of hydrogen-bond donors (Lipinski definition) is 1.